The summed E-state index contributed by atoms with van der Waals surface area (Å²) in [6, 6.07) is 0.491. The van der Waals surface area contributed by atoms with Crippen LogP contribution in [0.25, 0.3) is 0 Å². The summed E-state index contributed by atoms with van der Waals surface area (Å²) in [4.78, 5) is 26.5. The van der Waals surface area contributed by atoms with Gasteiger partial charge in [0.05, 0.1) is 0 Å². The van der Waals surface area contributed by atoms with Crippen molar-refractivity contribution in [3.05, 3.63) is 0 Å². The fraction of sp³-hybridized carbons (Fsp3) is 0.818. The van der Waals surface area contributed by atoms with E-state index in [9.17, 15) is 9.59 Å². The van der Waals surface area contributed by atoms with Crippen LogP contribution in [0.5, 0.6) is 0 Å². The van der Waals surface area contributed by atoms with Gasteiger partial charge in [0.2, 0.25) is 5.91 Å². The van der Waals surface area contributed by atoms with Gasteiger partial charge in [0.25, 0.3) is 0 Å². The van der Waals surface area contributed by atoms with Crippen LogP contribution in [-0.2, 0) is 9.53 Å². The Hall–Kier alpha value is -1.30. The maximum Gasteiger partial charge on any atom is 0.410 e. The molecule has 0 unspecified atom stereocenters. The average molecular weight is 241 g/mol. The molecule has 2 fully saturated rings. The molecule has 2 amide bonds. The fourth-order valence-corrected chi connectivity index (χ4v) is 1.98. The molecule has 0 aliphatic carbocycles. The Morgan fingerprint density at radius 2 is 2.18 bits per heavy atom. The molecule has 6 nitrogen and oxygen atoms in total. The smallest absolute Gasteiger partial charge is 0.410 e. The normalized spacial score (nSPS) is 22.3. The van der Waals surface area contributed by atoms with Gasteiger partial charge < -0.3 is 10.1 Å². The number of nitrogens with one attached hydrogen (secondary N) is 1. The Balaban J connectivity index is 1.73. The van der Waals surface area contributed by atoms with Crippen LogP contribution >= 0.6 is 0 Å². The largest absolute Gasteiger partial charge is 0.443 e. The summed E-state index contributed by atoms with van der Waals surface area (Å²) in [5.74, 6) is -0.120. The lowest BCUT2D eigenvalue weighted by atomic mass is 10.1. The first-order chi connectivity index (χ1) is 8.06. The molecule has 2 rings (SSSR count). The van der Waals surface area contributed by atoms with Crippen LogP contribution in [0.2, 0.25) is 0 Å². The third kappa shape index (κ3) is 2.88. The van der Waals surface area contributed by atoms with Crippen molar-refractivity contribution in [3.8, 4) is 0 Å². The number of rotatable bonds is 2. The van der Waals surface area contributed by atoms with Gasteiger partial charge in [-0.1, -0.05) is 0 Å². The molecule has 17 heavy (non-hydrogen) atoms. The van der Waals surface area contributed by atoms with E-state index in [1.165, 1.54) is 4.90 Å². The molecule has 96 valence electrons. The Morgan fingerprint density at radius 3 is 2.76 bits per heavy atom. The Labute approximate surface area is 101 Å². The lowest BCUT2D eigenvalue weighted by Gasteiger charge is -2.41. The van der Waals surface area contributed by atoms with Crippen molar-refractivity contribution in [2.75, 3.05) is 32.7 Å². The van der Waals surface area contributed by atoms with Gasteiger partial charge in [0.15, 0.2) is 0 Å². The molecule has 0 radical (unpaired) electrons. The quantitative estimate of drug-likeness (QED) is 0.717. The molecular formula is C11H19N3O3. The van der Waals surface area contributed by atoms with E-state index in [0.29, 0.717) is 19.1 Å². The lowest BCUT2D eigenvalue weighted by Crippen LogP contribution is -2.57. The van der Waals surface area contributed by atoms with E-state index < -0.39 is 0 Å². The maximum atomic E-state index is 11.7. The number of carbonyl (C=O) groups excluding carboxylic acids is 2. The van der Waals surface area contributed by atoms with E-state index in [4.69, 9.17) is 4.74 Å². The van der Waals surface area contributed by atoms with Crippen molar-refractivity contribution in [2.45, 2.75) is 26.0 Å². The van der Waals surface area contributed by atoms with Crippen LogP contribution < -0.4 is 5.32 Å². The standard InChI is InChI=1S/C11H19N3O3/c1-8(2)14-5-9(6-14)17-11(16)13-4-3-12-10(15)7-13/h8-9H,3-7H2,1-2H3,(H,12,15). The number of ether oxygens (including phenoxy) is 1. The summed E-state index contributed by atoms with van der Waals surface area (Å²) < 4.78 is 5.32. The Kier molecular flexibility index (Phi) is 3.51. The van der Waals surface area contributed by atoms with Crippen LogP contribution in [0, 0.1) is 0 Å². The molecule has 2 heterocycles. The predicted octanol–water partition coefficient (Wildman–Crippen LogP) is -0.353. The van der Waals surface area contributed by atoms with Crippen molar-refractivity contribution in [2.24, 2.45) is 0 Å². The molecule has 0 spiro atoms. The Morgan fingerprint density at radius 1 is 1.47 bits per heavy atom. The highest BCUT2D eigenvalue weighted by Gasteiger charge is 2.33. The predicted molar refractivity (Wildman–Crippen MR) is 61.6 cm³/mol. The summed E-state index contributed by atoms with van der Waals surface area (Å²) in [5, 5.41) is 2.67. The number of carbonyl (C=O) groups is 2. The summed E-state index contributed by atoms with van der Waals surface area (Å²) in [6.45, 7) is 6.98. The van der Waals surface area contributed by atoms with E-state index in [2.05, 4.69) is 24.1 Å². The molecule has 0 bridgehead atoms. The van der Waals surface area contributed by atoms with Gasteiger partial charge in [-0.2, -0.15) is 0 Å². The Bertz CT molecular complexity index is 313. The second-order valence-electron chi connectivity index (χ2n) is 4.82. The first kappa shape index (κ1) is 12.2. The fourth-order valence-electron chi connectivity index (χ4n) is 1.98. The van der Waals surface area contributed by atoms with Gasteiger partial charge in [-0.3, -0.25) is 14.6 Å². The highest BCUT2D eigenvalue weighted by atomic mass is 16.6. The van der Waals surface area contributed by atoms with E-state index in [0.717, 1.165) is 13.1 Å². The number of nitrogens with zero attached hydrogens (tertiary/aromatic N) is 2. The summed E-state index contributed by atoms with van der Waals surface area (Å²) in [5.41, 5.74) is 0. The zero-order valence-corrected chi connectivity index (χ0v) is 10.3. The van der Waals surface area contributed by atoms with E-state index >= 15 is 0 Å². The van der Waals surface area contributed by atoms with Crippen molar-refractivity contribution in [1.29, 1.82) is 0 Å². The van der Waals surface area contributed by atoms with Crippen LogP contribution in [0.3, 0.4) is 0 Å². The van der Waals surface area contributed by atoms with Crippen molar-refractivity contribution >= 4 is 12.0 Å². The average Bonchev–Trinajstić information content (AvgIpc) is 2.21. The van der Waals surface area contributed by atoms with E-state index in [1.54, 1.807) is 0 Å². The van der Waals surface area contributed by atoms with Crippen LogP contribution in [-0.4, -0.2) is 66.7 Å². The summed E-state index contributed by atoms with van der Waals surface area (Å²) >= 11 is 0. The van der Waals surface area contributed by atoms with E-state index in [1.807, 2.05) is 0 Å². The first-order valence-corrected chi connectivity index (χ1v) is 6.02. The van der Waals surface area contributed by atoms with Crippen molar-refractivity contribution < 1.29 is 14.3 Å². The first-order valence-electron chi connectivity index (χ1n) is 6.02. The van der Waals surface area contributed by atoms with Crippen LogP contribution in [0.4, 0.5) is 4.79 Å². The highest BCUT2D eigenvalue weighted by Crippen LogP contribution is 2.16. The molecule has 0 aromatic carbocycles. The van der Waals surface area contributed by atoms with Gasteiger partial charge in [-0.05, 0) is 13.8 Å². The third-order valence-corrected chi connectivity index (χ3v) is 3.17. The van der Waals surface area contributed by atoms with Crippen molar-refractivity contribution in [3.63, 3.8) is 0 Å². The lowest BCUT2D eigenvalue weighted by molar-refractivity contribution is -0.124. The third-order valence-electron chi connectivity index (χ3n) is 3.17. The van der Waals surface area contributed by atoms with E-state index in [-0.39, 0.29) is 24.6 Å². The van der Waals surface area contributed by atoms with Gasteiger partial charge in [-0.25, -0.2) is 4.79 Å². The second kappa shape index (κ2) is 4.91. The van der Waals surface area contributed by atoms with Gasteiger partial charge in [-0.15, -0.1) is 0 Å². The van der Waals surface area contributed by atoms with Gasteiger partial charge in [0.1, 0.15) is 12.6 Å². The van der Waals surface area contributed by atoms with Gasteiger partial charge >= 0.3 is 6.09 Å². The van der Waals surface area contributed by atoms with Crippen LogP contribution in [0.15, 0.2) is 0 Å². The summed E-state index contributed by atoms with van der Waals surface area (Å²) in [7, 11) is 0. The molecule has 2 saturated heterocycles. The number of likely N-dealkylation sites (tertiary alicyclic amines) is 1. The minimum Gasteiger partial charge on any atom is -0.443 e. The molecule has 0 saturated carbocycles. The monoisotopic (exact) mass is 241 g/mol. The number of hydrogen-bond acceptors (Lipinski definition) is 4. The minimum absolute atomic E-state index is 0.0186. The maximum absolute atomic E-state index is 11.7. The molecule has 1 N–H and O–H groups in total. The minimum atomic E-state index is -0.367. The SMILES string of the molecule is CC(C)N1CC(OC(=O)N2CCNC(=O)C2)C1. The molecular weight excluding hydrogens is 222 g/mol. The number of amides is 2. The second-order valence-corrected chi connectivity index (χ2v) is 4.82. The summed E-state index contributed by atoms with van der Waals surface area (Å²) in [6.07, 6.45) is -0.386. The number of piperazine rings is 1. The van der Waals surface area contributed by atoms with Crippen molar-refractivity contribution in [1.82, 2.24) is 15.1 Å². The highest BCUT2D eigenvalue weighted by molar-refractivity contribution is 5.83. The molecule has 2 aliphatic heterocycles. The molecule has 0 atom stereocenters. The number of hydrogen-bond donors (Lipinski definition) is 1. The molecule has 6 heteroatoms. The topological polar surface area (TPSA) is 61.9 Å². The molecule has 0 aromatic heterocycles. The van der Waals surface area contributed by atoms with Gasteiger partial charge in [0, 0.05) is 32.2 Å². The zero-order chi connectivity index (χ0) is 12.4. The zero-order valence-electron chi connectivity index (χ0n) is 10.3. The molecule has 2 aliphatic rings. The molecule has 0 aromatic rings. The van der Waals surface area contributed by atoms with Crippen LogP contribution in [0.1, 0.15) is 13.8 Å².